The molecule has 7 heteroatoms. The zero-order valence-corrected chi connectivity index (χ0v) is 18.2. The lowest BCUT2D eigenvalue weighted by Crippen LogP contribution is -2.44. The highest BCUT2D eigenvalue weighted by atomic mass is 35.5. The number of nitrogens with one attached hydrogen (secondary N) is 1. The number of carbonyl (C=O) groups is 2. The van der Waals surface area contributed by atoms with Crippen LogP contribution in [-0.2, 0) is 4.79 Å². The van der Waals surface area contributed by atoms with Crippen molar-refractivity contribution >= 4 is 40.5 Å². The number of nitrogens with zero attached hydrogens (tertiary/aromatic N) is 3. The fraction of sp³-hybridized carbons (Fsp3) is 0.391. The van der Waals surface area contributed by atoms with Crippen LogP contribution in [0.3, 0.4) is 0 Å². The van der Waals surface area contributed by atoms with Gasteiger partial charge in [0.05, 0.1) is 11.3 Å². The number of hydrogen-bond donors (Lipinski definition) is 1. The molecular formula is C23H27ClN4O2. The van der Waals surface area contributed by atoms with E-state index in [4.69, 9.17) is 11.6 Å². The lowest BCUT2D eigenvalue weighted by Gasteiger charge is -2.35. The smallest absolute Gasteiger partial charge is 0.257 e. The van der Waals surface area contributed by atoms with Crippen LogP contribution in [0, 0.1) is 6.92 Å². The van der Waals surface area contributed by atoms with Crippen molar-refractivity contribution in [2.24, 2.45) is 0 Å². The molecule has 0 unspecified atom stereocenters. The summed E-state index contributed by atoms with van der Waals surface area (Å²) < 4.78 is 0. The Kier molecular flexibility index (Phi) is 5.97. The highest BCUT2D eigenvalue weighted by Crippen LogP contribution is 2.30. The molecule has 1 N–H and O–H groups in total. The van der Waals surface area contributed by atoms with E-state index >= 15 is 0 Å². The van der Waals surface area contributed by atoms with Crippen LogP contribution in [0.5, 0.6) is 0 Å². The Hall–Kier alpha value is -2.57. The first-order chi connectivity index (χ1) is 14.4. The lowest BCUT2D eigenvalue weighted by molar-refractivity contribution is -0.117. The van der Waals surface area contributed by atoms with Crippen LogP contribution in [0.4, 0.5) is 17.1 Å². The number of rotatable bonds is 4. The molecule has 0 aliphatic carbocycles. The molecule has 30 heavy (non-hydrogen) atoms. The van der Waals surface area contributed by atoms with E-state index in [0.29, 0.717) is 29.2 Å². The number of likely N-dealkylation sites (N-methyl/N-ethyl adjacent to an activating group) is 1. The molecule has 4 rings (SSSR count). The fourth-order valence-electron chi connectivity index (χ4n) is 4.16. The van der Waals surface area contributed by atoms with Gasteiger partial charge in [-0.3, -0.25) is 9.59 Å². The molecule has 158 valence electrons. The first kappa shape index (κ1) is 20.7. The van der Waals surface area contributed by atoms with E-state index in [2.05, 4.69) is 35.2 Å². The Morgan fingerprint density at radius 3 is 2.43 bits per heavy atom. The molecule has 2 aromatic rings. The molecule has 0 aromatic heterocycles. The van der Waals surface area contributed by atoms with E-state index in [1.54, 1.807) is 23.1 Å². The van der Waals surface area contributed by atoms with Gasteiger partial charge in [0, 0.05) is 55.5 Å². The third kappa shape index (κ3) is 4.30. The second-order valence-corrected chi connectivity index (χ2v) is 8.49. The maximum atomic E-state index is 13.0. The van der Waals surface area contributed by atoms with Crippen molar-refractivity contribution in [1.82, 2.24) is 4.90 Å². The SMILES string of the molecule is Cc1cc(NC(=O)c2ccc(Cl)cc2N2CCCC2=O)ccc1N1CCN(C)CC1. The van der Waals surface area contributed by atoms with Crippen molar-refractivity contribution in [1.29, 1.82) is 0 Å². The predicted molar refractivity (Wildman–Crippen MR) is 122 cm³/mol. The largest absolute Gasteiger partial charge is 0.369 e. The lowest BCUT2D eigenvalue weighted by atomic mass is 10.1. The Labute approximate surface area is 182 Å². The molecule has 0 radical (unpaired) electrons. The van der Waals surface area contributed by atoms with Gasteiger partial charge in [0.15, 0.2) is 0 Å². The number of halogens is 1. The molecular weight excluding hydrogens is 400 g/mol. The molecule has 0 atom stereocenters. The zero-order valence-electron chi connectivity index (χ0n) is 17.4. The summed E-state index contributed by atoms with van der Waals surface area (Å²) in [5.41, 5.74) is 4.10. The van der Waals surface area contributed by atoms with Gasteiger partial charge in [-0.05, 0) is 62.4 Å². The second kappa shape index (κ2) is 8.66. The average molecular weight is 427 g/mol. The summed E-state index contributed by atoms with van der Waals surface area (Å²) in [5, 5.41) is 3.50. The Morgan fingerprint density at radius 1 is 1.00 bits per heavy atom. The number of amides is 2. The van der Waals surface area contributed by atoms with Gasteiger partial charge in [-0.2, -0.15) is 0 Å². The second-order valence-electron chi connectivity index (χ2n) is 8.06. The molecule has 2 amide bonds. The molecule has 2 aromatic carbocycles. The van der Waals surface area contributed by atoms with Crippen molar-refractivity contribution in [3.8, 4) is 0 Å². The van der Waals surface area contributed by atoms with Crippen molar-refractivity contribution in [2.45, 2.75) is 19.8 Å². The molecule has 2 saturated heterocycles. The average Bonchev–Trinajstić information content (AvgIpc) is 3.14. The van der Waals surface area contributed by atoms with Gasteiger partial charge in [-0.1, -0.05) is 11.6 Å². The van der Waals surface area contributed by atoms with Crippen molar-refractivity contribution in [3.63, 3.8) is 0 Å². The Bertz CT molecular complexity index is 970. The van der Waals surface area contributed by atoms with E-state index in [-0.39, 0.29) is 11.8 Å². The summed E-state index contributed by atoms with van der Waals surface area (Å²) >= 11 is 6.15. The van der Waals surface area contributed by atoms with E-state index in [0.717, 1.165) is 43.9 Å². The number of benzene rings is 2. The Balaban J connectivity index is 1.53. The fourth-order valence-corrected chi connectivity index (χ4v) is 4.32. The van der Waals surface area contributed by atoms with E-state index < -0.39 is 0 Å². The number of carbonyl (C=O) groups excluding carboxylic acids is 2. The minimum atomic E-state index is -0.242. The molecule has 2 aliphatic rings. The van der Waals surface area contributed by atoms with Crippen molar-refractivity contribution in [3.05, 3.63) is 52.5 Å². The van der Waals surface area contributed by atoms with Crippen LogP contribution in [0.1, 0.15) is 28.8 Å². The van der Waals surface area contributed by atoms with Crippen LogP contribution in [0.2, 0.25) is 5.02 Å². The number of piperazine rings is 1. The predicted octanol–water partition coefficient (Wildman–Crippen LogP) is 3.78. The summed E-state index contributed by atoms with van der Waals surface area (Å²) in [4.78, 5) is 31.6. The summed E-state index contributed by atoms with van der Waals surface area (Å²) in [7, 11) is 2.14. The third-order valence-electron chi connectivity index (χ3n) is 5.87. The maximum Gasteiger partial charge on any atom is 0.257 e. The van der Waals surface area contributed by atoms with E-state index in [1.165, 1.54) is 5.69 Å². The van der Waals surface area contributed by atoms with Gasteiger partial charge in [-0.15, -0.1) is 0 Å². The molecule has 2 aliphatic heterocycles. The normalized spacial score (nSPS) is 17.5. The molecule has 0 saturated carbocycles. The molecule has 2 heterocycles. The minimum absolute atomic E-state index is 0.0266. The number of aryl methyl sites for hydroxylation is 1. The monoisotopic (exact) mass is 426 g/mol. The highest BCUT2D eigenvalue weighted by molar-refractivity contribution is 6.31. The first-order valence-corrected chi connectivity index (χ1v) is 10.8. The van der Waals surface area contributed by atoms with Crippen LogP contribution >= 0.6 is 11.6 Å². The summed E-state index contributed by atoms with van der Waals surface area (Å²) in [6, 6.07) is 11.1. The molecule has 6 nitrogen and oxygen atoms in total. The van der Waals surface area contributed by atoms with E-state index in [1.807, 2.05) is 12.1 Å². The molecule has 0 bridgehead atoms. The van der Waals surface area contributed by atoms with Gasteiger partial charge < -0.3 is 20.0 Å². The summed E-state index contributed by atoms with van der Waals surface area (Å²) in [6.45, 7) is 6.78. The van der Waals surface area contributed by atoms with Crippen LogP contribution < -0.4 is 15.1 Å². The zero-order chi connectivity index (χ0) is 21.3. The summed E-state index contributed by atoms with van der Waals surface area (Å²) in [5.74, 6) is -0.216. The van der Waals surface area contributed by atoms with Gasteiger partial charge in [-0.25, -0.2) is 0 Å². The number of hydrogen-bond acceptors (Lipinski definition) is 4. The van der Waals surface area contributed by atoms with Gasteiger partial charge >= 0.3 is 0 Å². The van der Waals surface area contributed by atoms with Crippen LogP contribution in [-0.4, -0.2) is 56.5 Å². The van der Waals surface area contributed by atoms with Crippen LogP contribution in [0.15, 0.2) is 36.4 Å². The third-order valence-corrected chi connectivity index (χ3v) is 6.10. The minimum Gasteiger partial charge on any atom is -0.369 e. The molecule has 2 fully saturated rings. The highest BCUT2D eigenvalue weighted by Gasteiger charge is 2.26. The molecule has 0 spiro atoms. The first-order valence-electron chi connectivity index (χ1n) is 10.4. The van der Waals surface area contributed by atoms with E-state index in [9.17, 15) is 9.59 Å². The summed E-state index contributed by atoms with van der Waals surface area (Å²) in [6.07, 6.45) is 1.29. The van der Waals surface area contributed by atoms with Crippen molar-refractivity contribution in [2.75, 3.05) is 54.9 Å². The number of anilines is 3. The van der Waals surface area contributed by atoms with Gasteiger partial charge in [0.25, 0.3) is 5.91 Å². The van der Waals surface area contributed by atoms with Gasteiger partial charge in [0.2, 0.25) is 5.91 Å². The topological polar surface area (TPSA) is 55.9 Å². The van der Waals surface area contributed by atoms with Gasteiger partial charge in [0.1, 0.15) is 0 Å². The Morgan fingerprint density at radius 2 is 1.77 bits per heavy atom. The standard InChI is InChI=1S/C23H27ClN4O2/c1-16-14-18(6-8-20(16)27-12-10-26(2)11-13-27)25-23(30)19-7-5-17(24)15-21(19)28-9-3-4-22(28)29/h5-8,14-15H,3-4,9-13H2,1-2H3,(H,25,30). The van der Waals surface area contributed by atoms with Crippen molar-refractivity contribution < 1.29 is 9.59 Å². The van der Waals surface area contributed by atoms with Crippen LogP contribution in [0.25, 0.3) is 0 Å². The maximum absolute atomic E-state index is 13.0. The quantitative estimate of drug-likeness (QED) is 0.808.